The van der Waals surface area contributed by atoms with E-state index in [-0.39, 0.29) is 0 Å². The van der Waals surface area contributed by atoms with Gasteiger partial charge in [0.25, 0.3) is 0 Å². The number of thiazole rings is 1. The topological polar surface area (TPSA) is 50.7 Å². The Balaban J connectivity index is 1.38. The van der Waals surface area contributed by atoms with Gasteiger partial charge in [-0.3, -0.25) is 0 Å². The molecule has 0 aliphatic heterocycles. The molecule has 0 atom stereocenters. The molecule has 0 radical (unpaired) electrons. The summed E-state index contributed by atoms with van der Waals surface area (Å²) in [6.07, 6.45) is 0.727. The van der Waals surface area contributed by atoms with Gasteiger partial charge in [-0.1, -0.05) is 66.2 Å². The van der Waals surface area contributed by atoms with Gasteiger partial charge in [-0.25, -0.2) is 15.0 Å². The van der Waals surface area contributed by atoms with Crippen molar-refractivity contribution >= 4 is 34.4 Å². The van der Waals surface area contributed by atoms with Crippen LogP contribution in [0, 0.1) is 13.8 Å². The molecule has 0 aliphatic carbocycles. The van der Waals surface area contributed by atoms with Crippen LogP contribution in [0.15, 0.2) is 84.2 Å². The van der Waals surface area contributed by atoms with E-state index in [1.807, 2.05) is 56.3 Å². The molecule has 0 saturated carbocycles. The number of anilines is 2. The van der Waals surface area contributed by atoms with Crippen LogP contribution in [-0.4, -0.2) is 15.0 Å². The van der Waals surface area contributed by atoms with Crippen molar-refractivity contribution in [3.63, 3.8) is 0 Å². The van der Waals surface area contributed by atoms with Gasteiger partial charge >= 0.3 is 0 Å². The van der Waals surface area contributed by atoms with Gasteiger partial charge in [0.05, 0.1) is 5.69 Å². The number of hydrogen-bond acceptors (Lipinski definition) is 5. The van der Waals surface area contributed by atoms with E-state index in [0.29, 0.717) is 0 Å². The van der Waals surface area contributed by atoms with Gasteiger partial charge in [0.1, 0.15) is 16.6 Å². The third-order valence-corrected chi connectivity index (χ3v) is 6.73. The molecule has 5 rings (SSSR count). The van der Waals surface area contributed by atoms with Gasteiger partial charge < -0.3 is 5.32 Å². The predicted molar refractivity (Wildman–Crippen MR) is 142 cm³/mol. The first kappa shape index (κ1) is 22.3. The monoisotopic (exact) mass is 482 g/mol. The SMILES string of the molecule is Cc1nc(C)c(Cc2ccc(Cl)cc2)c(Nc2ccc(-c3csc(-c4ccccc4)n3)cc2)n1. The van der Waals surface area contributed by atoms with Gasteiger partial charge in [0, 0.05) is 44.9 Å². The summed E-state index contributed by atoms with van der Waals surface area (Å²) < 4.78 is 0. The standard InChI is InChI=1S/C28H23ClN4S/c1-18-25(16-20-8-12-23(29)13-9-20)27(31-19(2)30-18)32-24-14-10-21(11-15-24)26-17-34-28(33-26)22-6-4-3-5-7-22/h3-15,17H,16H2,1-2H3,(H,30,31,32). The van der Waals surface area contributed by atoms with Crippen LogP contribution in [-0.2, 0) is 6.42 Å². The summed E-state index contributed by atoms with van der Waals surface area (Å²) in [6, 6.07) is 26.5. The number of nitrogens with zero attached hydrogens (tertiary/aromatic N) is 3. The van der Waals surface area contributed by atoms with Crippen LogP contribution in [0.2, 0.25) is 5.02 Å². The average Bonchev–Trinajstić information content (AvgIpc) is 3.34. The van der Waals surface area contributed by atoms with Crippen LogP contribution in [0.3, 0.4) is 0 Å². The maximum absolute atomic E-state index is 6.05. The Kier molecular flexibility index (Phi) is 6.39. The summed E-state index contributed by atoms with van der Waals surface area (Å²) in [5.41, 5.74) is 7.38. The highest BCUT2D eigenvalue weighted by Crippen LogP contribution is 2.30. The summed E-state index contributed by atoms with van der Waals surface area (Å²) in [4.78, 5) is 14.1. The van der Waals surface area contributed by atoms with Crippen molar-refractivity contribution in [1.29, 1.82) is 0 Å². The minimum absolute atomic E-state index is 0.727. The van der Waals surface area contributed by atoms with Gasteiger partial charge in [0.2, 0.25) is 0 Å². The Labute approximate surface area is 208 Å². The Morgan fingerprint density at radius 3 is 2.26 bits per heavy atom. The van der Waals surface area contributed by atoms with E-state index in [1.165, 1.54) is 0 Å². The van der Waals surface area contributed by atoms with E-state index < -0.39 is 0 Å². The highest BCUT2D eigenvalue weighted by molar-refractivity contribution is 7.13. The Morgan fingerprint density at radius 2 is 1.53 bits per heavy atom. The lowest BCUT2D eigenvalue weighted by Gasteiger charge is -2.15. The number of hydrogen-bond donors (Lipinski definition) is 1. The predicted octanol–water partition coefficient (Wildman–Crippen LogP) is 7.87. The number of benzene rings is 3. The number of aryl methyl sites for hydroxylation is 2. The zero-order chi connectivity index (χ0) is 23.5. The molecular formula is C28H23ClN4S. The van der Waals surface area contributed by atoms with Crippen molar-refractivity contribution in [1.82, 2.24) is 15.0 Å². The molecule has 5 aromatic rings. The molecule has 0 unspecified atom stereocenters. The maximum atomic E-state index is 6.05. The van der Waals surface area contributed by atoms with Gasteiger partial charge in [-0.05, 0) is 43.7 Å². The maximum Gasteiger partial charge on any atom is 0.137 e. The molecule has 0 amide bonds. The minimum Gasteiger partial charge on any atom is -0.340 e. The first-order valence-corrected chi connectivity index (χ1v) is 12.3. The number of nitrogens with one attached hydrogen (secondary N) is 1. The smallest absolute Gasteiger partial charge is 0.137 e. The van der Waals surface area contributed by atoms with Crippen LogP contribution in [0.25, 0.3) is 21.8 Å². The van der Waals surface area contributed by atoms with Gasteiger partial charge in [0.15, 0.2) is 0 Å². The molecule has 0 aliphatic rings. The van der Waals surface area contributed by atoms with Crippen LogP contribution < -0.4 is 5.32 Å². The van der Waals surface area contributed by atoms with E-state index in [1.54, 1.807) is 11.3 Å². The normalized spacial score (nSPS) is 10.9. The molecule has 6 heteroatoms. The van der Waals surface area contributed by atoms with Crippen molar-refractivity contribution in [2.45, 2.75) is 20.3 Å². The van der Waals surface area contributed by atoms with E-state index in [2.05, 4.69) is 52.1 Å². The second-order valence-electron chi connectivity index (χ2n) is 8.09. The van der Waals surface area contributed by atoms with Crippen molar-refractivity contribution in [3.8, 4) is 21.8 Å². The molecule has 2 heterocycles. The molecule has 0 spiro atoms. The minimum atomic E-state index is 0.727. The lowest BCUT2D eigenvalue weighted by atomic mass is 10.0. The average molecular weight is 483 g/mol. The van der Waals surface area contributed by atoms with Crippen LogP contribution in [0.1, 0.15) is 22.6 Å². The lowest BCUT2D eigenvalue weighted by molar-refractivity contribution is 0.965. The molecule has 34 heavy (non-hydrogen) atoms. The molecule has 4 nitrogen and oxygen atoms in total. The Hall–Kier alpha value is -3.54. The van der Waals surface area contributed by atoms with Crippen LogP contribution in [0.4, 0.5) is 11.5 Å². The molecular weight excluding hydrogens is 460 g/mol. The molecule has 3 aromatic carbocycles. The molecule has 0 fully saturated rings. The molecule has 2 aromatic heterocycles. The lowest BCUT2D eigenvalue weighted by Crippen LogP contribution is -2.06. The fourth-order valence-corrected chi connectivity index (χ4v) is 4.80. The summed E-state index contributed by atoms with van der Waals surface area (Å²) >= 11 is 7.71. The fraction of sp³-hybridized carbons (Fsp3) is 0.107. The summed E-state index contributed by atoms with van der Waals surface area (Å²) in [5, 5.41) is 7.36. The van der Waals surface area contributed by atoms with Crippen molar-refractivity contribution in [2.75, 3.05) is 5.32 Å². The van der Waals surface area contributed by atoms with Crippen molar-refractivity contribution < 1.29 is 0 Å². The van der Waals surface area contributed by atoms with Gasteiger partial charge in [-0.2, -0.15) is 0 Å². The van der Waals surface area contributed by atoms with Crippen LogP contribution in [0.5, 0.6) is 0 Å². The van der Waals surface area contributed by atoms with E-state index >= 15 is 0 Å². The summed E-state index contributed by atoms with van der Waals surface area (Å²) in [7, 11) is 0. The van der Waals surface area contributed by atoms with Gasteiger partial charge in [-0.15, -0.1) is 11.3 Å². The summed E-state index contributed by atoms with van der Waals surface area (Å²) in [6.45, 7) is 3.95. The van der Waals surface area contributed by atoms with Crippen molar-refractivity contribution in [3.05, 3.63) is 112 Å². The van der Waals surface area contributed by atoms with E-state index in [9.17, 15) is 0 Å². The van der Waals surface area contributed by atoms with Crippen LogP contribution >= 0.6 is 22.9 Å². The number of aromatic nitrogens is 3. The quantitative estimate of drug-likeness (QED) is 0.267. The summed E-state index contributed by atoms with van der Waals surface area (Å²) in [5.74, 6) is 1.57. The first-order valence-electron chi connectivity index (χ1n) is 11.0. The van der Waals surface area contributed by atoms with E-state index in [4.69, 9.17) is 21.6 Å². The molecule has 0 bridgehead atoms. The second kappa shape index (κ2) is 9.75. The first-order chi connectivity index (χ1) is 16.5. The highest BCUT2D eigenvalue weighted by Gasteiger charge is 2.12. The van der Waals surface area contributed by atoms with Crippen molar-refractivity contribution in [2.24, 2.45) is 0 Å². The number of halogens is 1. The third-order valence-electron chi connectivity index (χ3n) is 5.59. The third kappa shape index (κ3) is 5.01. The largest absolute Gasteiger partial charge is 0.340 e. The Bertz CT molecular complexity index is 1410. The second-order valence-corrected chi connectivity index (χ2v) is 9.39. The fourth-order valence-electron chi connectivity index (χ4n) is 3.84. The molecule has 0 saturated heterocycles. The highest BCUT2D eigenvalue weighted by atomic mass is 35.5. The Morgan fingerprint density at radius 1 is 0.794 bits per heavy atom. The molecule has 168 valence electrons. The van der Waals surface area contributed by atoms with E-state index in [0.717, 1.165) is 67.4 Å². The zero-order valence-electron chi connectivity index (χ0n) is 18.9. The number of rotatable bonds is 6. The molecule has 1 N–H and O–H groups in total. The zero-order valence-corrected chi connectivity index (χ0v) is 20.5.